The molecule has 0 aliphatic carbocycles. The molecule has 5 rings (SSSR count). The summed E-state index contributed by atoms with van der Waals surface area (Å²) < 4.78 is 5.51. The van der Waals surface area contributed by atoms with Gasteiger partial charge in [0.2, 0.25) is 23.5 Å². The normalized spacial score (nSPS) is 18.5. The van der Waals surface area contributed by atoms with Crippen LogP contribution < -0.4 is 5.32 Å². The van der Waals surface area contributed by atoms with Gasteiger partial charge in [0.1, 0.15) is 0 Å². The fraction of sp³-hybridized carbons (Fsp3) is 0.429. The molecule has 0 spiro atoms. The van der Waals surface area contributed by atoms with E-state index in [2.05, 4.69) is 20.4 Å². The molecule has 2 aliphatic heterocycles. The molecule has 1 aromatic heterocycles. The third-order valence-electron chi connectivity index (χ3n) is 7.08. The van der Waals surface area contributed by atoms with Gasteiger partial charge in [-0.2, -0.15) is 4.98 Å². The van der Waals surface area contributed by atoms with Crippen molar-refractivity contribution in [1.29, 1.82) is 0 Å². The Kier molecular flexibility index (Phi) is 7.41. The lowest BCUT2D eigenvalue weighted by Crippen LogP contribution is -2.42. The highest BCUT2D eigenvalue weighted by Gasteiger charge is 2.27. The lowest BCUT2D eigenvalue weighted by Gasteiger charge is -2.31. The van der Waals surface area contributed by atoms with E-state index in [-0.39, 0.29) is 17.7 Å². The lowest BCUT2D eigenvalue weighted by atomic mass is 9.97. The minimum Gasteiger partial charge on any atom is -0.352 e. The molecule has 0 bridgehead atoms. The second kappa shape index (κ2) is 11.0. The molecule has 1 N–H and O–H groups in total. The van der Waals surface area contributed by atoms with Crippen molar-refractivity contribution in [2.45, 2.75) is 52.2 Å². The number of carbonyl (C=O) groups is 2. The first kappa shape index (κ1) is 24.2. The summed E-state index contributed by atoms with van der Waals surface area (Å²) in [5.41, 5.74) is 4.25. The van der Waals surface area contributed by atoms with Crippen LogP contribution in [0.1, 0.15) is 48.3 Å². The monoisotopic (exact) mass is 487 g/mol. The van der Waals surface area contributed by atoms with Gasteiger partial charge < -0.3 is 14.7 Å². The molecule has 3 aromatic rings. The van der Waals surface area contributed by atoms with E-state index in [1.807, 2.05) is 60.4 Å². The number of aryl methyl sites for hydroxylation is 1. The van der Waals surface area contributed by atoms with Gasteiger partial charge in [-0.25, -0.2) is 0 Å². The van der Waals surface area contributed by atoms with Crippen molar-refractivity contribution in [2.75, 3.05) is 19.6 Å². The number of amides is 2. The first-order chi connectivity index (χ1) is 17.5. The molecule has 2 aliphatic rings. The average molecular weight is 488 g/mol. The Labute approximate surface area is 211 Å². The molecule has 36 heavy (non-hydrogen) atoms. The topological polar surface area (TPSA) is 91.6 Å². The zero-order valence-electron chi connectivity index (χ0n) is 20.8. The van der Waals surface area contributed by atoms with Gasteiger partial charge in [0.15, 0.2) is 0 Å². The zero-order chi connectivity index (χ0) is 24.9. The lowest BCUT2D eigenvalue weighted by molar-refractivity contribution is -0.128. The van der Waals surface area contributed by atoms with Gasteiger partial charge in [-0.05, 0) is 49.9 Å². The standard InChI is InChI=1S/C28H33N5O3/c1-20-7-4-10-21(15-20)27-30-25(36-31-27)19-32-13-5-11-24(17-32)28(35)29-16-22-8-2-3-9-23(22)18-33-14-6-12-26(33)34/h2-4,7-10,15,24H,5-6,11-14,16-19H2,1H3,(H,29,35). The van der Waals surface area contributed by atoms with Crippen LogP contribution in [0.3, 0.4) is 0 Å². The van der Waals surface area contributed by atoms with E-state index in [4.69, 9.17) is 4.52 Å². The van der Waals surface area contributed by atoms with Crippen LogP contribution in [0, 0.1) is 12.8 Å². The number of benzene rings is 2. The summed E-state index contributed by atoms with van der Waals surface area (Å²) in [5.74, 6) is 1.36. The number of nitrogens with one attached hydrogen (secondary N) is 1. The van der Waals surface area contributed by atoms with Crippen LogP contribution in [-0.4, -0.2) is 51.4 Å². The van der Waals surface area contributed by atoms with Crippen molar-refractivity contribution in [3.05, 3.63) is 71.1 Å². The maximum absolute atomic E-state index is 13.0. The number of likely N-dealkylation sites (tertiary alicyclic amines) is 2. The summed E-state index contributed by atoms with van der Waals surface area (Å²) in [5, 5.41) is 7.28. The maximum atomic E-state index is 13.0. The Balaban J connectivity index is 1.15. The van der Waals surface area contributed by atoms with Crippen molar-refractivity contribution < 1.29 is 14.1 Å². The predicted octanol–water partition coefficient (Wildman–Crippen LogP) is 3.70. The van der Waals surface area contributed by atoms with E-state index < -0.39 is 0 Å². The number of aromatic nitrogens is 2. The molecule has 8 heteroatoms. The highest BCUT2D eigenvalue weighted by molar-refractivity contribution is 5.79. The van der Waals surface area contributed by atoms with Gasteiger partial charge in [0, 0.05) is 38.2 Å². The Morgan fingerprint density at radius 2 is 1.94 bits per heavy atom. The third-order valence-corrected chi connectivity index (χ3v) is 7.08. The van der Waals surface area contributed by atoms with Crippen LogP contribution in [0.2, 0.25) is 0 Å². The van der Waals surface area contributed by atoms with Crippen LogP contribution in [-0.2, 0) is 29.2 Å². The number of piperidine rings is 1. The Morgan fingerprint density at radius 1 is 1.08 bits per heavy atom. The second-order valence-corrected chi connectivity index (χ2v) is 9.86. The minimum absolute atomic E-state index is 0.0673. The molecule has 2 fully saturated rings. The number of hydrogen-bond donors (Lipinski definition) is 1. The predicted molar refractivity (Wildman–Crippen MR) is 135 cm³/mol. The van der Waals surface area contributed by atoms with Crippen LogP contribution >= 0.6 is 0 Å². The molecule has 0 saturated carbocycles. The summed E-state index contributed by atoms with van der Waals surface area (Å²) in [6, 6.07) is 16.1. The maximum Gasteiger partial charge on any atom is 0.241 e. The van der Waals surface area contributed by atoms with E-state index in [1.165, 1.54) is 0 Å². The van der Waals surface area contributed by atoms with Crippen molar-refractivity contribution >= 4 is 11.8 Å². The summed E-state index contributed by atoms with van der Waals surface area (Å²) in [4.78, 5) is 33.8. The summed E-state index contributed by atoms with van der Waals surface area (Å²) in [7, 11) is 0. The van der Waals surface area contributed by atoms with E-state index in [0.717, 1.165) is 54.6 Å². The number of carbonyl (C=O) groups excluding carboxylic acids is 2. The van der Waals surface area contributed by atoms with Crippen molar-refractivity contribution in [3.8, 4) is 11.4 Å². The summed E-state index contributed by atoms with van der Waals surface area (Å²) in [6.07, 6.45) is 3.37. The molecular formula is C28H33N5O3. The molecule has 2 aromatic carbocycles. The summed E-state index contributed by atoms with van der Waals surface area (Å²) in [6.45, 7) is 6.03. The molecule has 3 heterocycles. The highest BCUT2D eigenvalue weighted by atomic mass is 16.5. The van der Waals surface area contributed by atoms with Crippen LogP contribution in [0.15, 0.2) is 53.1 Å². The van der Waals surface area contributed by atoms with Crippen molar-refractivity contribution in [3.63, 3.8) is 0 Å². The molecule has 1 unspecified atom stereocenters. The van der Waals surface area contributed by atoms with Crippen LogP contribution in [0.4, 0.5) is 0 Å². The fourth-order valence-electron chi connectivity index (χ4n) is 5.11. The van der Waals surface area contributed by atoms with Gasteiger partial charge in [0.05, 0.1) is 12.5 Å². The number of hydrogen-bond acceptors (Lipinski definition) is 6. The third kappa shape index (κ3) is 5.82. The fourth-order valence-corrected chi connectivity index (χ4v) is 5.11. The molecule has 188 valence electrons. The molecular weight excluding hydrogens is 454 g/mol. The summed E-state index contributed by atoms with van der Waals surface area (Å²) >= 11 is 0. The second-order valence-electron chi connectivity index (χ2n) is 9.86. The number of rotatable bonds is 8. The van der Waals surface area contributed by atoms with E-state index >= 15 is 0 Å². The average Bonchev–Trinajstić information content (AvgIpc) is 3.52. The number of nitrogens with zero attached hydrogens (tertiary/aromatic N) is 4. The highest BCUT2D eigenvalue weighted by Crippen LogP contribution is 2.22. The smallest absolute Gasteiger partial charge is 0.241 e. The molecule has 0 radical (unpaired) electrons. The van der Waals surface area contributed by atoms with E-state index in [0.29, 0.717) is 44.3 Å². The van der Waals surface area contributed by atoms with Crippen molar-refractivity contribution in [1.82, 2.24) is 25.3 Å². The molecule has 2 amide bonds. The Morgan fingerprint density at radius 3 is 2.75 bits per heavy atom. The van der Waals surface area contributed by atoms with Gasteiger partial charge in [-0.1, -0.05) is 53.2 Å². The first-order valence-corrected chi connectivity index (χ1v) is 12.8. The minimum atomic E-state index is -0.0785. The van der Waals surface area contributed by atoms with Gasteiger partial charge in [0.25, 0.3) is 0 Å². The Hall–Kier alpha value is -3.52. The molecule has 2 saturated heterocycles. The van der Waals surface area contributed by atoms with Gasteiger partial charge >= 0.3 is 0 Å². The van der Waals surface area contributed by atoms with Gasteiger partial charge in [-0.3, -0.25) is 14.5 Å². The van der Waals surface area contributed by atoms with Crippen LogP contribution in [0.25, 0.3) is 11.4 Å². The molecule has 1 atom stereocenters. The SMILES string of the molecule is Cc1cccc(-c2noc(CN3CCCC(C(=O)NCc4ccccc4CN4CCCC4=O)C3)n2)c1. The quantitative estimate of drug-likeness (QED) is 0.521. The first-order valence-electron chi connectivity index (χ1n) is 12.8. The van der Waals surface area contributed by atoms with Crippen LogP contribution in [0.5, 0.6) is 0 Å². The molecule has 8 nitrogen and oxygen atoms in total. The van der Waals surface area contributed by atoms with Crippen molar-refractivity contribution in [2.24, 2.45) is 5.92 Å². The van der Waals surface area contributed by atoms with Gasteiger partial charge in [-0.15, -0.1) is 0 Å². The largest absolute Gasteiger partial charge is 0.352 e. The Bertz CT molecular complexity index is 1220. The van der Waals surface area contributed by atoms with E-state index in [9.17, 15) is 9.59 Å². The van der Waals surface area contributed by atoms with E-state index in [1.54, 1.807) is 0 Å². The zero-order valence-corrected chi connectivity index (χ0v) is 20.8.